The first kappa shape index (κ1) is 16.5. The van der Waals surface area contributed by atoms with Crippen LogP contribution in [0.1, 0.15) is 12.8 Å². The average Bonchev–Trinajstić information content (AvgIpc) is 2.48. The normalized spacial score (nSPS) is 21.5. The van der Waals surface area contributed by atoms with Crippen LogP contribution in [-0.4, -0.2) is 47.1 Å². The molecule has 0 spiro atoms. The van der Waals surface area contributed by atoms with Crippen LogP contribution in [0.3, 0.4) is 0 Å². The first-order valence-electron chi connectivity index (χ1n) is 6.70. The van der Waals surface area contributed by atoms with E-state index in [1.807, 2.05) is 0 Å². The minimum atomic E-state index is -1.70. The molecule has 0 aromatic heterocycles. The maximum atomic E-state index is 13.0. The van der Waals surface area contributed by atoms with Gasteiger partial charge in [0.05, 0.1) is 11.6 Å². The number of piperidine rings is 1. The van der Waals surface area contributed by atoms with Crippen molar-refractivity contribution in [1.82, 2.24) is 4.90 Å². The van der Waals surface area contributed by atoms with E-state index in [0.29, 0.717) is 13.0 Å². The fourth-order valence-electron chi connectivity index (χ4n) is 2.25. The molecule has 1 fully saturated rings. The summed E-state index contributed by atoms with van der Waals surface area (Å²) in [5.41, 5.74) is 3.45. The third-order valence-electron chi connectivity index (χ3n) is 3.54. The van der Waals surface area contributed by atoms with Crippen LogP contribution in [0.15, 0.2) is 18.2 Å². The number of rotatable bonds is 4. The summed E-state index contributed by atoms with van der Waals surface area (Å²) in [4.78, 5) is 24.6. The molecule has 3 N–H and O–H groups in total. The molecule has 0 unspecified atom stereocenters. The number of halogens is 2. The Morgan fingerprint density at radius 1 is 1.50 bits per heavy atom. The Kier molecular flexibility index (Phi) is 4.87. The predicted octanol–water partition coefficient (Wildman–Crippen LogP) is 0.697. The van der Waals surface area contributed by atoms with Gasteiger partial charge in [-0.1, -0.05) is 11.6 Å². The van der Waals surface area contributed by atoms with Crippen molar-refractivity contribution in [3.05, 3.63) is 29.0 Å². The molecule has 1 aliphatic heterocycles. The Labute approximate surface area is 131 Å². The van der Waals surface area contributed by atoms with Gasteiger partial charge in [0.15, 0.2) is 12.2 Å². The van der Waals surface area contributed by atoms with Gasteiger partial charge in [-0.05, 0) is 25.0 Å². The van der Waals surface area contributed by atoms with Crippen molar-refractivity contribution >= 4 is 23.4 Å². The van der Waals surface area contributed by atoms with Gasteiger partial charge in [-0.15, -0.1) is 0 Å². The van der Waals surface area contributed by atoms with E-state index in [0.717, 1.165) is 6.07 Å². The minimum Gasteiger partial charge on any atom is -0.484 e. The van der Waals surface area contributed by atoms with Crippen molar-refractivity contribution < 1.29 is 23.8 Å². The predicted molar refractivity (Wildman–Crippen MR) is 76.9 cm³/mol. The molecule has 1 atom stereocenters. The zero-order valence-corrected chi connectivity index (χ0v) is 12.5. The fourth-order valence-corrected chi connectivity index (χ4v) is 2.42. The molecule has 0 aliphatic carbocycles. The van der Waals surface area contributed by atoms with Crippen molar-refractivity contribution in [2.24, 2.45) is 5.73 Å². The highest BCUT2D eigenvalue weighted by Crippen LogP contribution is 2.23. The summed E-state index contributed by atoms with van der Waals surface area (Å²) < 4.78 is 18.3. The van der Waals surface area contributed by atoms with E-state index in [2.05, 4.69) is 0 Å². The molecule has 1 saturated heterocycles. The standard InChI is InChI=1S/C14H16ClFN2O4/c15-10-6-9(2-3-11(10)16)22-7-12(19)18-5-1-4-14(21,8-18)13(17)20/h2-3,6,21H,1,4-5,7-8H2,(H2,17,20)/t14-/m0/s1. The fraction of sp³-hybridized carbons (Fsp3) is 0.429. The van der Waals surface area contributed by atoms with E-state index in [9.17, 15) is 19.1 Å². The van der Waals surface area contributed by atoms with Crippen LogP contribution in [0, 0.1) is 5.82 Å². The van der Waals surface area contributed by atoms with E-state index >= 15 is 0 Å². The number of ether oxygens (including phenoxy) is 1. The van der Waals surface area contributed by atoms with Crippen LogP contribution in [0.25, 0.3) is 0 Å². The van der Waals surface area contributed by atoms with E-state index in [-0.39, 0.29) is 30.3 Å². The van der Waals surface area contributed by atoms with Crippen LogP contribution in [0.2, 0.25) is 5.02 Å². The number of β-amino-alcohol motifs (C(OH)–C–C–N with tert-alkyl or cyclic N) is 1. The van der Waals surface area contributed by atoms with Gasteiger partial charge in [0.25, 0.3) is 11.8 Å². The lowest BCUT2D eigenvalue weighted by molar-refractivity contribution is -0.150. The summed E-state index contributed by atoms with van der Waals surface area (Å²) in [7, 11) is 0. The van der Waals surface area contributed by atoms with Crippen molar-refractivity contribution in [1.29, 1.82) is 0 Å². The second-order valence-electron chi connectivity index (χ2n) is 5.18. The molecule has 22 heavy (non-hydrogen) atoms. The number of nitrogens with two attached hydrogens (primary N) is 1. The zero-order valence-electron chi connectivity index (χ0n) is 11.7. The highest BCUT2D eigenvalue weighted by molar-refractivity contribution is 6.30. The third kappa shape index (κ3) is 3.66. The maximum Gasteiger partial charge on any atom is 0.260 e. The van der Waals surface area contributed by atoms with Crippen LogP contribution >= 0.6 is 11.6 Å². The van der Waals surface area contributed by atoms with Crippen molar-refractivity contribution in [3.63, 3.8) is 0 Å². The largest absolute Gasteiger partial charge is 0.484 e. The molecule has 120 valence electrons. The summed E-state index contributed by atoms with van der Waals surface area (Å²) in [6, 6.07) is 3.75. The van der Waals surface area contributed by atoms with E-state index in [1.54, 1.807) is 0 Å². The van der Waals surface area contributed by atoms with Crippen LogP contribution < -0.4 is 10.5 Å². The molecule has 1 heterocycles. The second kappa shape index (κ2) is 6.50. The molecule has 1 aromatic carbocycles. The molecule has 6 nitrogen and oxygen atoms in total. The van der Waals surface area contributed by atoms with Gasteiger partial charge in [-0.25, -0.2) is 4.39 Å². The van der Waals surface area contributed by atoms with E-state index in [1.165, 1.54) is 17.0 Å². The molecule has 0 radical (unpaired) electrons. The number of carbonyl (C=O) groups is 2. The first-order chi connectivity index (χ1) is 10.3. The van der Waals surface area contributed by atoms with E-state index in [4.69, 9.17) is 22.1 Å². The Hall–Kier alpha value is -1.86. The number of amides is 2. The summed E-state index contributed by atoms with van der Waals surface area (Å²) >= 11 is 5.62. The number of aliphatic hydroxyl groups is 1. The van der Waals surface area contributed by atoms with Crippen LogP contribution in [-0.2, 0) is 9.59 Å². The molecule has 1 aliphatic rings. The molecule has 2 rings (SSSR count). The van der Waals surface area contributed by atoms with Gasteiger partial charge in [0.1, 0.15) is 11.6 Å². The number of hydrogen-bond donors (Lipinski definition) is 2. The lowest BCUT2D eigenvalue weighted by Gasteiger charge is -2.36. The Morgan fingerprint density at radius 3 is 2.86 bits per heavy atom. The van der Waals surface area contributed by atoms with Gasteiger partial charge < -0.3 is 20.5 Å². The lowest BCUT2D eigenvalue weighted by Crippen LogP contribution is -2.57. The number of likely N-dealkylation sites (tertiary alicyclic amines) is 1. The number of benzene rings is 1. The topological polar surface area (TPSA) is 92.9 Å². The zero-order chi connectivity index (χ0) is 16.3. The monoisotopic (exact) mass is 330 g/mol. The number of nitrogens with zero attached hydrogens (tertiary/aromatic N) is 1. The summed E-state index contributed by atoms with van der Waals surface area (Å²) in [6.07, 6.45) is 0.689. The minimum absolute atomic E-state index is 0.106. The van der Waals surface area contributed by atoms with Gasteiger partial charge in [0.2, 0.25) is 0 Å². The number of primary amides is 1. The van der Waals surface area contributed by atoms with Crippen LogP contribution in [0.5, 0.6) is 5.75 Å². The summed E-state index contributed by atoms with van der Waals surface area (Å²) in [5.74, 6) is -1.58. The molecular weight excluding hydrogens is 315 g/mol. The molecule has 2 amide bonds. The van der Waals surface area contributed by atoms with Gasteiger partial charge in [0, 0.05) is 12.6 Å². The third-order valence-corrected chi connectivity index (χ3v) is 3.83. The quantitative estimate of drug-likeness (QED) is 0.849. The Balaban J connectivity index is 1.94. The van der Waals surface area contributed by atoms with Crippen molar-refractivity contribution in [2.75, 3.05) is 19.7 Å². The highest BCUT2D eigenvalue weighted by Gasteiger charge is 2.40. The SMILES string of the molecule is NC(=O)[C@]1(O)CCCN(C(=O)COc2ccc(F)c(Cl)c2)C1. The van der Waals surface area contributed by atoms with Crippen molar-refractivity contribution in [3.8, 4) is 5.75 Å². The smallest absolute Gasteiger partial charge is 0.260 e. The molecule has 8 heteroatoms. The number of carbonyl (C=O) groups excluding carboxylic acids is 2. The second-order valence-corrected chi connectivity index (χ2v) is 5.59. The van der Waals surface area contributed by atoms with Gasteiger partial charge in [-0.3, -0.25) is 9.59 Å². The summed E-state index contributed by atoms with van der Waals surface area (Å²) in [5, 5.41) is 9.95. The van der Waals surface area contributed by atoms with Gasteiger partial charge >= 0.3 is 0 Å². The number of hydrogen-bond acceptors (Lipinski definition) is 4. The molecular formula is C14H16ClFN2O4. The Morgan fingerprint density at radius 2 is 2.23 bits per heavy atom. The molecule has 1 aromatic rings. The first-order valence-corrected chi connectivity index (χ1v) is 7.07. The Bertz CT molecular complexity index is 598. The highest BCUT2D eigenvalue weighted by atomic mass is 35.5. The average molecular weight is 331 g/mol. The lowest BCUT2D eigenvalue weighted by atomic mass is 9.92. The van der Waals surface area contributed by atoms with Crippen LogP contribution in [0.4, 0.5) is 4.39 Å². The van der Waals surface area contributed by atoms with Crippen molar-refractivity contribution in [2.45, 2.75) is 18.4 Å². The van der Waals surface area contributed by atoms with E-state index < -0.39 is 23.2 Å². The maximum absolute atomic E-state index is 13.0. The van der Waals surface area contributed by atoms with Gasteiger partial charge in [-0.2, -0.15) is 0 Å². The molecule has 0 bridgehead atoms. The molecule has 0 saturated carbocycles. The summed E-state index contributed by atoms with van der Waals surface area (Å²) in [6.45, 7) is -0.0620.